The van der Waals surface area contributed by atoms with Crippen LogP contribution in [0.2, 0.25) is 0 Å². The molecule has 1 N–H and O–H groups in total. The predicted octanol–water partition coefficient (Wildman–Crippen LogP) is 2.44. The monoisotopic (exact) mass is 259 g/mol. The van der Waals surface area contributed by atoms with E-state index in [0.29, 0.717) is 0 Å². The maximum absolute atomic E-state index is 4.52. The van der Waals surface area contributed by atoms with Gasteiger partial charge in [0.1, 0.15) is 0 Å². The van der Waals surface area contributed by atoms with E-state index in [1.807, 2.05) is 30.8 Å². The summed E-state index contributed by atoms with van der Waals surface area (Å²) in [6, 6.07) is 0. The Morgan fingerprint density at radius 3 is 2.94 bits per heavy atom. The number of anilines is 1. The van der Waals surface area contributed by atoms with Gasteiger partial charge in [0.05, 0.1) is 5.69 Å². The summed E-state index contributed by atoms with van der Waals surface area (Å²) in [4.78, 5) is 6.57. The molecule has 92 valence electrons. The minimum absolute atomic E-state index is 0.890. The first-order valence-corrected chi connectivity index (χ1v) is 7.67. The Morgan fingerprint density at radius 1 is 1.50 bits per heavy atom. The molecular weight excluding hydrogens is 238 g/mol. The summed E-state index contributed by atoms with van der Waals surface area (Å²) < 4.78 is 0. The normalized spacial score (nSPS) is 10.7. The van der Waals surface area contributed by atoms with Crippen LogP contribution in [0.4, 0.5) is 5.13 Å². The summed E-state index contributed by atoms with van der Waals surface area (Å²) in [5.74, 6) is 2.47. The van der Waals surface area contributed by atoms with Crippen LogP contribution < -0.4 is 10.2 Å². The van der Waals surface area contributed by atoms with Gasteiger partial charge in [-0.25, -0.2) is 4.98 Å². The molecule has 0 aromatic carbocycles. The number of aromatic nitrogens is 1. The van der Waals surface area contributed by atoms with Crippen LogP contribution in [0, 0.1) is 0 Å². The van der Waals surface area contributed by atoms with E-state index in [0.717, 1.165) is 23.9 Å². The van der Waals surface area contributed by atoms with E-state index in [1.165, 1.54) is 17.9 Å². The van der Waals surface area contributed by atoms with Gasteiger partial charge in [-0.1, -0.05) is 6.92 Å². The third-order valence-electron chi connectivity index (χ3n) is 2.07. The lowest BCUT2D eigenvalue weighted by Crippen LogP contribution is -2.16. The van der Waals surface area contributed by atoms with Crippen LogP contribution in [0.1, 0.15) is 19.0 Å². The summed E-state index contributed by atoms with van der Waals surface area (Å²) in [5, 5.41) is 6.64. The summed E-state index contributed by atoms with van der Waals surface area (Å²) in [6.07, 6.45) is 1.24. The maximum atomic E-state index is 4.52. The zero-order valence-electron chi connectivity index (χ0n) is 10.3. The molecule has 0 atom stereocenters. The largest absolute Gasteiger partial charge is 0.354 e. The number of thioether (sulfide) groups is 1. The molecule has 1 rings (SSSR count). The van der Waals surface area contributed by atoms with E-state index in [-0.39, 0.29) is 0 Å². The Kier molecular flexibility index (Phi) is 6.84. The number of nitrogens with zero attached hydrogens (tertiary/aromatic N) is 2. The van der Waals surface area contributed by atoms with Gasteiger partial charge in [-0.2, -0.15) is 11.8 Å². The van der Waals surface area contributed by atoms with Crippen molar-refractivity contribution in [1.82, 2.24) is 10.3 Å². The van der Waals surface area contributed by atoms with Gasteiger partial charge in [-0.15, -0.1) is 11.3 Å². The van der Waals surface area contributed by atoms with Crippen LogP contribution in [-0.4, -0.2) is 37.1 Å². The average Bonchev–Trinajstić information content (AvgIpc) is 2.72. The molecule has 0 amide bonds. The lowest BCUT2D eigenvalue weighted by atomic mass is 10.4. The fourth-order valence-corrected chi connectivity index (χ4v) is 2.64. The fourth-order valence-electron chi connectivity index (χ4n) is 1.24. The van der Waals surface area contributed by atoms with E-state index in [1.54, 1.807) is 11.3 Å². The zero-order valence-corrected chi connectivity index (χ0v) is 12.0. The van der Waals surface area contributed by atoms with Crippen molar-refractivity contribution in [1.29, 1.82) is 0 Å². The summed E-state index contributed by atoms with van der Waals surface area (Å²) >= 11 is 3.70. The second-order valence-electron chi connectivity index (χ2n) is 3.74. The van der Waals surface area contributed by atoms with Crippen molar-refractivity contribution in [3.8, 4) is 0 Å². The third-order valence-corrected chi connectivity index (χ3v) is 4.12. The van der Waals surface area contributed by atoms with E-state index < -0.39 is 0 Å². The first-order chi connectivity index (χ1) is 7.74. The third kappa shape index (κ3) is 5.18. The van der Waals surface area contributed by atoms with Gasteiger partial charge in [0.2, 0.25) is 0 Å². The minimum atomic E-state index is 0.890. The first-order valence-electron chi connectivity index (χ1n) is 5.64. The first kappa shape index (κ1) is 13.8. The maximum Gasteiger partial charge on any atom is 0.185 e. The fraction of sp³-hybridized carbons (Fsp3) is 0.727. The Bertz CT molecular complexity index is 287. The molecule has 0 spiro atoms. The molecule has 3 nitrogen and oxygen atoms in total. The van der Waals surface area contributed by atoms with Crippen molar-refractivity contribution < 1.29 is 0 Å². The van der Waals surface area contributed by atoms with Gasteiger partial charge in [-0.05, 0) is 24.5 Å². The molecule has 0 saturated heterocycles. The van der Waals surface area contributed by atoms with Crippen molar-refractivity contribution in [2.24, 2.45) is 0 Å². The highest BCUT2D eigenvalue weighted by atomic mass is 32.2. The second kappa shape index (κ2) is 7.92. The van der Waals surface area contributed by atoms with E-state index in [9.17, 15) is 0 Å². The molecule has 16 heavy (non-hydrogen) atoms. The highest BCUT2D eigenvalue weighted by Crippen LogP contribution is 2.17. The highest BCUT2D eigenvalue weighted by Gasteiger charge is 2.02. The van der Waals surface area contributed by atoms with Gasteiger partial charge in [0.25, 0.3) is 0 Å². The lowest BCUT2D eigenvalue weighted by molar-refractivity contribution is 0.670. The molecule has 0 aliphatic heterocycles. The van der Waals surface area contributed by atoms with Gasteiger partial charge in [0.15, 0.2) is 5.13 Å². The number of rotatable bonds is 8. The molecule has 0 saturated carbocycles. The smallest absolute Gasteiger partial charge is 0.185 e. The van der Waals surface area contributed by atoms with Gasteiger partial charge in [-0.3, -0.25) is 0 Å². The SMILES string of the molecule is CCSCCCNCc1csc(N(C)C)n1. The number of hydrogen-bond donors (Lipinski definition) is 1. The van der Waals surface area contributed by atoms with Gasteiger partial charge in [0, 0.05) is 26.0 Å². The summed E-state index contributed by atoms with van der Waals surface area (Å²) in [6.45, 7) is 4.18. The van der Waals surface area contributed by atoms with Crippen LogP contribution in [0.15, 0.2) is 5.38 Å². The van der Waals surface area contributed by atoms with Crippen molar-refractivity contribution in [3.05, 3.63) is 11.1 Å². The molecular formula is C11H21N3S2. The zero-order chi connectivity index (χ0) is 11.8. The Labute approximate surface area is 107 Å². The lowest BCUT2D eigenvalue weighted by Gasteiger charge is -2.05. The number of hydrogen-bond acceptors (Lipinski definition) is 5. The Balaban J connectivity index is 2.12. The van der Waals surface area contributed by atoms with Gasteiger partial charge < -0.3 is 10.2 Å². The Hall–Kier alpha value is -0.260. The molecule has 0 unspecified atom stereocenters. The topological polar surface area (TPSA) is 28.2 Å². The van der Waals surface area contributed by atoms with Crippen molar-refractivity contribution in [2.45, 2.75) is 19.9 Å². The van der Waals surface area contributed by atoms with E-state index in [2.05, 4.69) is 22.6 Å². The van der Waals surface area contributed by atoms with E-state index >= 15 is 0 Å². The summed E-state index contributed by atoms with van der Waals surface area (Å²) in [7, 11) is 4.05. The predicted molar refractivity (Wildman–Crippen MR) is 75.8 cm³/mol. The van der Waals surface area contributed by atoms with Crippen LogP contribution in [0.3, 0.4) is 0 Å². The molecule has 0 bridgehead atoms. The second-order valence-corrected chi connectivity index (χ2v) is 5.97. The molecule has 1 aromatic heterocycles. The van der Waals surface area contributed by atoms with Crippen molar-refractivity contribution in [3.63, 3.8) is 0 Å². The molecule has 0 fully saturated rings. The summed E-state index contributed by atoms with van der Waals surface area (Å²) in [5.41, 5.74) is 1.15. The highest BCUT2D eigenvalue weighted by molar-refractivity contribution is 7.99. The van der Waals surface area contributed by atoms with Crippen LogP contribution >= 0.6 is 23.1 Å². The van der Waals surface area contributed by atoms with Crippen molar-refractivity contribution in [2.75, 3.05) is 37.0 Å². The minimum Gasteiger partial charge on any atom is -0.354 e. The Morgan fingerprint density at radius 2 is 2.31 bits per heavy atom. The van der Waals surface area contributed by atoms with Crippen LogP contribution in [0.25, 0.3) is 0 Å². The number of nitrogens with one attached hydrogen (secondary N) is 1. The standard InChI is InChI=1S/C11H21N3S2/c1-4-15-7-5-6-12-8-10-9-16-11(13-10)14(2)3/h9,12H,4-8H2,1-3H3. The van der Waals surface area contributed by atoms with E-state index in [4.69, 9.17) is 0 Å². The molecule has 0 aliphatic rings. The molecule has 0 aliphatic carbocycles. The average molecular weight is 259 g/mol. The quantitative estimate of drug-likeness (QED) is 0.726. The van der Waals surface area contributed by atoms with Crippen LogP contribution in [-0.2, 0) is 6.54 Å². The molecule has 5 heteroatoms. The van der Waals surface area contributed by atoms with Gasteiger partial charge >= 0.3 is 0 Å². The molecule has 0 radical (unpaired) electrons. The van der Waals surface area contributed by atoms with Crippen molar-refractivity contribution >= 4 is 28.2 Å². The van der Waals surface area contributed by atoms with Crippen LogP contribution in [0.5, 0.6) is 0 Å². The molecule has 1 aromatic rings. The number of thiazole rings is 1. The molecule has 1 heterocycles.